The van der Waals surface area contributed by atoms with E-state index in [0.29, 0.717) is 10.8 Å². The van der Waals surface area contributed by atoms with E-state index in [-0.39, 0.29) is 16.2 Å². The Morgan fingerprint density at radius 3 is 2.29 bits per heavy atom. The molecule has 0 unspecified atom stereocenters. The smallest absolute Gasteiger partial charge is 0.378 e. The van der Waals surface area contributed by atoms with Crippen molar-refractivity contribution in [3.05, 3.63) is 107 Å². The van der Waals surface area contributed by atoms with Gasteiger partial charge < -0.3 is 9.50 Å². The van der Waals surface area contributed by atoms with Crippen LogP contribution in [0.3, 0.4) is 0 Å². The third-order valence-corrected chi connectivity index (χ3v) is 6.82. The van der Waals surface area contributed by atoms with Crippen LogP contribution >= 0.6 is 0 Å². The summed E-state index contributed by atoms with van der Waals surface area (Å²) in [5.74, 6) is -1.27. The topological polar surface area (TPSA) is 96.3 Å². The highest BCUT2D eigenvalue weighted by Crippen LogP contribution is 2.35. The molecule has 0 aliphatic carbocycles. The first-order chi connectivity index (χ1) is 18.0. The second-order valence-corrected chi connectivity index (χ2v) is 9.76. The lowest BCUT2D eigenvalue weighted by molar-refractivity contribution is -0.137. The number of nitrogens with zero attached hydrogens (tertiary/aromatic N) is 1. The molecule has 38 heavy (non-hydrogen) atoms. The number of amides is 1. The summed E-state index contributed by atoms with van der Waals surface area (Å²) in [4.78, 5) is 12.8. The quantitative estimate of drug-likeness (QED) is 0.173. The first kappa shape index (κ1) is 26.4. The van der Waals surface area contributed by atoms with E-state index in [4.69, 9.17) is 4.18 Å². The minimum absolute atomic E-state index is 0.0922. The van der Waals surface area contributed by atoms with E-state index in [2.05, 4.69) is 5.32 Å². The van der Waals surface area contributed by atoms with Gasteiger partial charge in [0.2, 0.25) is 0 Å². The number of anilines is 1. The summed E-state index contributed by atoms with van der Waals surface area (Å²) in [7, 11) is -4.29. The number of hydrogen-bond donors (Lipinski definition) is 1. The summed E-state index contributed by atoms with van der Waals surface area (Å²) < 4.78 is 71.5. The third kappa shape index (κ3) is 5.68. The molecule has 0 fully saturated rings. The van der Waals surface area contributed by atoms with Gasteiger partial charge in [-0.05, 0) is 54.1 Å². The number of halogens is 3. The van der Waals surface area contributed by atoms with Crippen LogP contribution in [0.15, 0.2) is 95.4 Å². The van der Waals surface area contributed by atoms with Crippen molar-refractivity contribution in [2.24, 2.45) is 0 Å². The van der Waals surface area contributed by atoms with E-state index in [9.17, 15) is 31.6 Å². The highest BCUT2D eigenvalue weighted by molar-refractivity contribution is 7.87. The van der Waals surface area contributed by atoms with Gasteiger partial charge in [0.25, 0.3) is 5.91 Å². The van der Waals surface area contributed by atoms with Crippen molar-refractivity contribution in [3.8, 4) is 11.8 Å². The molecule has 0 saturated carbocycles. The standard InChI is InChI=1S/C28H19F3N2O4S/c1-18-10-13-21(14-11-18)38(35,36)37-26-15-12-19-6-2-3-7-22(19)23(26)16-20(17-32)27(34)33-25-9-5-4-8-24(25)28(29,30)31/h2-16H,1H3,(H,33,34)/b20-16+. The van der Waals surface area contributed by atoms with E-state index in [1.165, 1.54) is 30.3 Å². The Hall–Kier alpha value is -4.62. The summed E-state index contributed by atoms with van der Waals surface area (Å²) in [5, 5.41) is 12.9. The largest absolute Gasteiger partial charge is 0.418 e. The molecule has 0 aliphatic rings. The summed E-state index contributed by atoms with van der Waals surface area (Å²) >= 11 is 0. The van der Waals surface area contributed by atoms with Crippen molar-refractivity contribution in [2.45, 2.75) is 18.0 Å². The predicted octanol–water partition coefficient (Wildman–Crippen LogP) is 6.48. The summed E-state index contributed by atoms with van der Waals surface area (Å²) in [6.45, 7) is 1.80. The number of hydrogen-bond acceptors (Lipinski definition) is 5. The molecule has 4 aromatic carbocycles. The zero-order valence-electron chi connectivity index (χ0n) is 19.8. The van der Waals surface area contributed by atoms with Crippen molar-refractivity contribution >= 4 is 38.6 Å². The maximum Gasteiger partial charge on any atom is 0.418 e. The second kappa shape index (κ2) is 10.4. The maximum absolute atomic E-state index is 13.4. The molecule has 4 aromatic rings. The molecule has 0 aliphatic heterocycles. The van der Waals surface area contributed by atoms with Crippen LogP contribution in [0.4, 0.5) is 18.9 Å². The minimum atomic E-state index is -4.73. The number of benzene rings is 4. The number of aryl methyl sites for hydroxylation is 1. The fourth-order valence-corrected chi connectivity index (χ4v) is 4.64. The lowest BCUT2D eigenvalue weighted by Crippen LogP contribution is -2.17. The highest BCUT2D eigenvalue weighted by atomic mass is 32.2. The molecule has 1 amide bonds. The molecule has 0 bridgehead atoms. The van der Waals surface area contributed by atoms with Gasteiger partial charge in [-0.15, -0.1) is 0 Å². The average Bonchev–Trinajstić information content (AvgIpc) is 2.87. The van der Waals surface area contributed by atoms with Crippen molar-refractivity contribution in [1.29, 1.82) is 5.26 Å². The molecule has 10 heteroatoms. The summed E-state index contributed by atoms with van der Waals surface area (Å²) in [6, 6.07) is 21.8. The molecule has 4 rings (SSSR count). The molecule has 0 spiro atoms. The average molecular weight is 537 g/mol. The van der Waals surface area contributed by atoms with Gasteiger partial charge >= 0.3 is 16.3 Å². The Morgan fingerprint density at radius 1 is 0.947 bits per heavy atom. The number of carbonyl (C=O) groups is 1. The molecule has 6 nitrogen and oxygen atoms in total. The van der Waals surface area contributed by atoms with Crippen molar-refractivity contribution in [3.63, 3.8) is 0 Å². The van der Waals surface area contributed by atoms with E-state index in [1.54, 1.807) is 55.5 Å². The van der Waals surface area contributed by atoms with Gasteiger partial charge in [-0.3, -0.25) is 4.79 Å². The van der Waals surface area contributed by atoms with Gasteiger partial charge in [-0.2, -0.15) is 26.9 Å². The van der Waals surface area contributed by atoms with Gasteiger partial charge in [0.1, 0.15) is 16.5 Å². The summed E-state index contributed by atoms with van der Waals surface area (Å²) in [5.41, 5.74) is -1.23. The molecule has 0 radical (unpaired) electrons. The van der Waals surface area contributed by atoms with Crippen LogP contribution in [-0.2, 0) is 21.1 Å². The SMILES string of the molecule is Cc1ccc(S(=O)(=O)Oc2ccc3ccccc3c2/C=C(\C#N)C(=O)Nc2ccccc2C(F)(F)F)cc1. The molecular weight excluding hydrogens is 517 g/mol. The van der Waals surface area contributed by atoms with Gasteiger partial charge in [-0.1, -0.05) is 60.2 Å². The van der Waals surface area contributed by atoms with Crippen molar-refractivity contribution < 1.29 is 30.6 Å². The number of alkyl halides is 3. The maximum atomic E-state index is 13.4. The molecular formula is C28H19F3N2O4S. The van der Waals surface area contributed by atoms with Crippen LogP contribution in [0.5, 0.6) is 5.75 Å². The fourth-order valence-electron chi connectivity index (χ4n) is 3.69. The number of nitriles is 1. The van der Waals surface area contributed by atoms with Crippen LogP contribution in [0.1, 0.15) is 16.7 Å². The molecule has 0 aromatic heterocycles. The van der Waals surface area contributed by atoms with E-state index in [1.807, 2.05) is 0 Å². The molecule has 0 atom stereocenters. The van der Waals surface area contributed by atoms with Crippen LogP contribution in [0.2, 0.25) is 0 Å². The van der Waals surface area contributed by atoms with Gasteiger partial charge in [0, 0.05) is 5.56 Å². The van der Waals surface area contributed by atoms with Crippen LogP contribution in [0, 0.1) is 18.3 Å². The zero-order chi connectivity index (χ0) is 27.5. The first-order valence-corrected chi connectivity index (χ1v) is 12.5. The lowest BCUT2D eigenvalue weighted by Gasteiger charge is -2.14. The number of fused-ring (bicyclic) bond motifs is 1. The molecule has 0 heterocycles. The third-order valence-electron chi connectivity index (χ3n) is 5.57. The zero-order valence-corrected chi connectivity index (χ0v) is 20.6. The predicted molar refractivity (Wildman–Crippen MR) is 137 cm³/mol. The number of nitrogens with one attached hydrogen (secondary N) is 1. The van der Waals surface area contributed by atoms with Gasteiger partial charge in [-0.25, -0.2) is 0 Å². The monoisotopic (exact) mass is 536 g/mol. The molecule has 192 valence electrons. The first-order valence-electron chi connectivity index (χ1n) is 11.1. The Kier molecular flexibility index (Phi) is 7.23. The Bertz CT molecular complexity index is 1710. The second-order valence-electron chi connectivity index (χ2n) is 8.22. The Labute approximate surface area is 216 Å². The van der Waals surface area contributed by atoms with Crippen LogP contribution in [0.25, 0.3) is 16.8 Å². The number of carbonyl (C=O) groups excluding carboxylic acids is 1. The highest BCUT2D eigenvalue weighted by Gasteiger charge is 2.33. The van der Waals surface area contributed by atoms with Crippen molar-refractivity contribution in [2.75, 3.05) is 5.32 Å². The summed E-state index contributed by atoms with van der Waals surface area (Å²) in [6.07, 6.45) is -3.64. The Balaban J connectivity index is 1.79. The number of para-hydroxylation sites is 1. The van der Waals surface area contributed by atoms with Gasteiger partial charge in [0.15, 0.2) is 5.75 Å². The van der Waals surface area contributed by atoms with Crippen molar-refractivity contribution in [1.82, 2.24) is 0 Å². The van der Waals surface area contributed by atoms with Crippen LogP contribution < -0.4 is 9.50 Å². The molecule has 1 N–H and O–H groups in total. The number of rotatable bonds is 6. The van der Waals surface area contributed by atoms with E-state index in [0.717, 1.165) is 23.8 Å². The minimum Gasteiger partial charge on any atom is -0.378 e. The lowest BCUT2D eigenvalue weighted by atomic mass is 10.0. The Morgan fingerprint density at radius 2 is 1.61 bits per heavy atom. The fraction of sp³-hybridized carbons (Fsp3) is 0.0714. The van der Waals surface area contributed by atoms with E-state index >= 15 is 0 Å². The van der Waals surface area contributed by atoms with Crippen LogP contribution in [-0.4, -0.2) is 14.3 Å². The normalized spacial score (nSPS) is 12.1. The van der Waals surface area contributed by atoms with Gasteiger partial charge in [0.05, 0.1) is 11.3 Å². The molecule has 0 saturated heterocycles. The van der Waals surface area contributed by atoms with E-state index < -0.39 is 39.0 Å².